The van der Waals surface area contributed by atoms with Crippen LogP contribution in [0.15, 0.2) is 21.3 Å². The second-order valence-corrected chi connectivity index (χ2v) is 3.40. The Hall–Kier alpha value is -2.04. The maximum atomic E-state index is 11.2. The van der Waals surface area contributed by atoms with Crippen LogP contribution in [-0.2, 0) is 7.05 Å². The minimum Gasteiger partial charge on any atom is -0.405 e. The van der Waals surface area contributed by atoms with Crippen molar-refractivity contribution in [3.63, 3.8) is 0 Å². The van der Waals surface area contributed by atoms with Crippen molar-refractivity contribution in [2.75, 3.05) is 5.73 Å². The summed E-state index contributed by atoms with van der Waals surface area (Å²) in [6.07, 6.45) is 0. The Kier molecular flexibility index (Phi) is 1.89. The van der Waals surface area contributed by atoms with Gasteiger partial charge in [-0.1, -0.05) is 0 Å². The highest BCUT2D eigenvalue weighted by atomic mass is 16.4. The minimum absolute atomic E-state index is 0.0998. The molecule has 15 heavy (non-hydrogen) atoms. The fraction of sp³-hybridized carbons (Fsp3) is 0.200. The quantitative estimate of drug-likeness (QED) is 0.555. The molecule has 5 nitrogen and oxygen atoms in total. The molecular weight excluding hydrogens is 196 g/mol. The lowest BCUT2D eigenvalue weighted by molar-refractivity contribution is 0.101. The second kappa shape index (κ2) is 2.98. The number of aryl methyl sites for hydroxylation is 1. The van der Waals surface area contributed by atoms with Gasteiger partial charge in [0.25, 0.3) is 0 Å². The summed E-state index contributed by atoms with van der Waals surface area (Å²) < 4.78 is 6.25. The van der Waals surface area contributed by atoms with Gasteiger partial charge in [-0.05, 0) is 19.1 Å². The first-order valence-corrected chi connectivity index (χ1v) is 4.40. The van der Waals surface area contributed by atoms with Gasteiger partial charge in [-0.2, -0.15) is 0 Å². The number of benzene rings is 1. The molecule has 5 heteroatoms. The summed E-state index contributed by atoms with van der Waals surface area (Å²) in [5.74, 6) is -0.588. The third-order valence-electron chi connectivity index (χ3n) is 2.33. The summed E-state index contributed by atoms with van der Waals surface area (Å²) in [4.78, 5) is 22.4. The van der Waals surface area contributed by atoms with E-state index in [-0.39, 0.29) is 5.78 Å². The summed E-state index contributed by atoms with van der Waals surface area (Å²) >= 11 is 0. The molecule has 0 saturated heterocycles. The maximum absolute atomic E-state index is 11.2. The predicted octanol–water partition coefficient (Wildman–Crippen LogP) is 0.916. The Bertz CT molecular complexity index is 607. The molecule has 1 aromatic heterocycles. The van der Waals surface area contributed by atoms with Gasteiger partial charge >= 0.3 is 5.76 Å². The number of carbonyl (C=O) groups excluding carboxylic acids is 1. The van der Waals surface area contributed by atoms with Crippen LogP contribution in [0.5, 0.6) is 0 Å². The van der Waals surface area contributed by atoms with E-state index in [4.69, 9.17) is 10.2 Å². The summed E-state index contributed by atoms with van der Waals surface area (Å²) in [5, 5.41) is 0. The number of hydrogen-bond donors (Lipinski definition) is 1. The Morgan fingerprint density at radius 2 is 2.13 bits per heavy atom. The van der Waals surface area contributed by atoms with Crippen molar-refractivity contribution in [3.05, 3.63) is 28.2 Å². The highest BCUT2D eigenvalue weighted by Crippen LogP contribution is 2.22. The van der Waals surface area contributed by atoms with Crippen molar-refractivity contribution in [1.29, 1.82) is 0 Å². The normalized spacial score (nSPS) is 10.8. The number of rotatable bonds is 1. The molecule has 1 aromatic carbocycles. The van der Waals surface area contributed by atoms with E-state index in [9.17, 15) is 9.59 Å². The van der Waals surface area contributed by atoms with Gasteiger partial charge in [-0.3, -0.25) is 9.36 Å². The lowest BCUT2D eigenvalue weighted by Crippen LogP contribution is -2.08. The fourth-order valence-electron chi connectivity index (χ4n) is 1.45. The molecule has 0 bridgehead atoms. The van der Waals surface area contributed by atoms with E-state index in [0.717, 1.165) is 0 Å². The van der Waals surface area contributed by atoms with Crippen molar-refractivity contribution in [1.82, 2.24) is 4.57 Å². The summed E-state index contributed by atoms with van der Waals surface area (Å²) in [6.45, 7) is 1.44. The average molecular weight is 206 g/mol. The molecule has 0 radical (unpaired) electrons. The second-order valence-electron chi connectivity index (χ2n) is 3.40. The molecule has 0 spiro atoms. The molecule has 0 aliphatic rings. The third kappa shape index (κ3) is 1.32. The van der Waals surface area contributed by atoms with Crippen molar-refractivity contribution in [2.45, 2.75) is 6.92 Å². The molecule has 0 aliphatic heterocycles. The zero-order chi connectivity index (χ0) is 11.2. The van der Waals surface area contributed by atoms with Crippen LogP contribution >= 0.6 is 0 Å². The van der Waals surface area contributed by atoms with Gasteiger partial charge in [-0.15, -0.1) is 0 Å². The molecule has 78 valence electrons. The number of nitrogen functional groups attached to an aromatic ring is 1. The number of nitrogens with zero attached hydrogens (tertiary/aromatic N) is 1. The van der Waals surface area contributed by atoms with Gasteiger partial charge in [0, 0.05) is 12.6 Å². The van der Waals surface area contributed by atoms with E-state index in [1.807, 2.05) is 0 Å². The zero-order valence-electron chi connectivity index (χ0n) is 8.40. The molecule has 2 aromatic rings. The van der Waals surface area contributed by atoms with Crippen LogP contribution in [0.25, 0.3) is 11.1 Å². The van der Waals surface area contributed by atoms with Gasteiger partial charge in [-0.25, -0.2) is 4.79 Å². The van der Waals surface area contributed by atoms with Gasteiger partial charge in [0.1, 0.15) is 0 Å². The first-order valence-electron chi connectivity index (χ1n) is 4.40. The van der Waals surface area contributed by atoms with Gasteiger partial charge in [0.15, 0.2) is 11.4 Å². The molecule has 0 saturated carbocycles. The Balaban J connectivity index is 2.91. The van der Waals surface area contributed by atoms with Crippen molar-refractivity contribution < 1.29 is 9.21 Å². The number of ketones is 1. The molecule has 0 atom stereocenters. The third-order valence-corrected chi connectivity index (χ3v) is 2.33. The van der Waals surface area contributed by atoms with Crippen LogP contribution in [0.2, 0.25) is 0 Å². The number of fused-ring (bicyclic) bond motifs is 1. The first kappa shape index (κ1) is 9.51. The summed E-state index contributed by atoms with van der Waals surface area (Å²) in [5.41, 5.74) is 7.31. The van der Waals surface area contributed by atoms with Gasteiger partial charge in [0.05, 0.1) is 11.2 Å². The Morgan fingerprint density at radius 1 is 1.47 bits per heavy atom. The molecule has 0 fully saturated rings. The lowest BCUT2D eigenvalue weighted by Gasteiger charge is -1.99. The van der Waals surface area contributed by atoms with E-state index in [2.05, 4.69) is 0 Å². The lowest BCUT2D eigenvalue weighted by atomic mass is 10.1. The smallest absolute Gasteiger partial charge is 0.405 e. The predicted molar refractivity (Wildman–Crippen MR) is 55.9 cm³/mol. The largest absolute Gasteiger partial charge is 0.419 e. The fourth-order valence-corrected chi connectivity index (χ4v) is 1.45. The minimum atomic E-state index is -0.489. The SMILES string of the molecule is CC(=O)c1cc(N)c2oc(=O)n(C)c2c1. The van der Waals surface area contributed by atoms with E-state index in [1.165, 1.54) is 17.6 Å². The Labute approximate surface area is 85.1 Å². The molecule has 1 heterocycles. The van der Waals surface area contributed by atoms with Crippen LogP contribution < -0.4 is 11.5 Å². The molecule has 0 unspecified atom stereocenters. The summed E-state index contributed by atoms with van der Waals surface area (Å²) in [7, 11) is 1.57. The maximum Gasteiger partial charge on any atom is 0.419 e. The molecule has 2 rings (SSSR count). The van der Waals surface area contributed by atoms with Crippen molar-refractivity contribution >= 4 is 22.6 Å². The number of hydrogen-bond acceptors (Lipinski definition) is 4. The van der Waals surface area contributed by atoms with Crippen LogP contribution in [0.4, 0.5) is 5.69 Å². The number of nitrogens with two attached hydrogens (primary N) is 1. The topological polar surface area (TPSA) is 78.2 Å². The number of anilines is 1. The number of Topliss-reactive ketones (excluding diaryl/α,β-unsaturated/α-hetero) is 1. The molecular formula is C10H10N2O3. The van der Waals surface area contributed by atoms with Crippen molar-refractivity contribution in [2.24, 2.45) is 7.05 Å². The van der Waals surface area contributed by atoms with Crippen LogP contribution in [0.3, 0.4) is 0 Å². The monoisotopic (exact) mass is 206 g/mol. The molecule has 0 amide bonds. The van der Waals surface area contributed by atoms with E-state index < -0.39 is 5.76 Å². The van der Waals surface area contributed by atoms with E-state index in [0.29, 0.717) is 22.4 Å². The van der Waals surface area contributed by atoms with E-state index >= 15 is 0 Å². The van der Waals surface area contributed by atoms with E-state index in [1.54, 1.807) is 13.1 Å². The molecule has 2 N–H and O–H groups in total. The summed E-state index contributed by atoms with van der Waals surface area (Å²) in [6, 6.07) is 3.10. The number of aromatic nitrogens is 1. The zero-order valence-corrected chi connectivity index (χ0v) is 8.40. The van der Waals surface area contributed by atoms with Crippen LogP contribution in [0, 0.1) is 0 Å². The first-order chi connectivity index (χ1) is 7.00. The number of oxazole rings is 1. The van der Waals surface area contributed by atoms with Crippen molar-refractivity contribution in [3.8, 4) is 0 Å². The van der Waals surface area contributed by atoms with Gasteiger partial charge in [0.2, 0.25) is 0 Å². The average Bonchev–Trinajstić information content (AvgIpc) is 2.45. The number of carbonyl (C=O) groups is 1. The van der Waals surface area contributed by atoms with Crippen LogP contribution in [-0.4, -0.2) is 10.4 Å². The highest BCUT2D eigenvalue weighted by molar-refractivity contribution is 6.00. The van der Waals surface area contributed by atoms with Gasteiger partial charge < -0.3 is 10.2 Å². The standard InChI is InChI=1S/C10H10N2O3/c1-5(13)6-3-7(11)9-8(4-6)12(2)10(14)15-9/h3-4H,11H2,1-2H3. The van der Waals surface area contributed by atoms with Crippen LogP contribution in [0.1, 0.15) is 17.3 Å². The molecule has 0 aliphatic carbocycles. The highest BCUT2D eigenvalue weighted by Gasteiger charge is 2.12. The Morgan fingerprint density at radius 3 is 2.73 bits per heavy atom.